The number of benzene rings is 1. The van der Waals surface area contributed by atoms with Crippen molar-refractivity contribution < 1.29 is 14.6 Å². The van der Waals surface area contributed by atoms with Gasteiger partial charge in [0.1, 0.15) is 0 Å². The molecule has 0 aliphatic rings. The smallest absolute Gasteiger partial charge is 0.312 e. The standard InChI is InChI=1S/C16H22O3/c1-4-19-16(18)14(11-10-12(2)3)15(17)13-8-6-5-7-9-13/h5-10,14-15,17H,4,11H2,1-3H3/t14-,15+/m0/s1. The number of allylic oxidation sites excluding steroid dienone is 2. The van der Waals surface area contributed by atoms with Crippen LogP contribution in [-0.2, 0) is 9.53 Å². The minimum absolute atomic E-state index is 0.325. The monoisotopic (exact) mass is 262 g/mol. The van der Waals surface area contributed by atoms with E-state index in [1.54, 1.807) is 6.92 Å². The normalized spacial score (nSPS) is 13.5. The summed E-state index contributed by atoms with van der Waals surface area (Å²) in [5, 5.41) is 10.4. The van der Waals surface area contributed by atoms with Crippen LogP contribution in [0.1, 0.15) is 38.9 Å². The maximum Gasteiger partial charge on any atom is 0.312 e. The second-order valence-electron chi connectivity index (χ2n) is 4.73. The number of hydrogen-bond donors (Lipinski definition) is 1. The van der Waals surface area contributed by atoms with E-state index in [9.17, 15) is 9.90 Å². The number of rotatable bonds is 6. The first-order valence-electron chi connectivity index (χ1n) is 6.59. The molecule has 1 aromatic carbocycles. The highest BCUT2D eigenvalue weighted by atomic mass is 16.5. The van der Waals surface area contributed by atoms with Crippen LogP contribution >= 0.6 is 0 Å². The van der Waals surface area contributed by atoms with Crippen molar-refractivity contribution in [1.82, 2.24) is 0 Å². The van der Waals surface area contributed by atoms with E-state index in [4.69, 9.17) is 4.74 Å². The van der Waals surface area contributed by atoms with E-state index >= 15 is 0 Å². The molecular weight excluding hydrogens is 240 g/mol. The number of ether oxygens (including phenoxy) is 1. The second kappa shape index (κ2) is 7.74. The molecule has 0 spiro atoms. The zero-order chi connectivity index (χ0) is 14.3. The van der Waals surface area contributed by atoms with Crippen LogP contribution in [0.2, 0.25) is 0 Å². The van der Waals surface area contributed by atoms with Gasteiger partial charge in [-0.15, -0.1) is 0 Å². The van der Waals surface area contributed by atoms with Gasteiger partial charge in [0.25, 0.3) is 0 Å². The summed E-state index contributed by atoms with van der Waals surface area (Å²) in [5.41, 5.74) is 1.86. The Labute approximate surface area is 114 Å². The van der Waals surface area contributed by atoms with E-state index in [1.165, 1.54) is 0 Å². The predicted molar refractivity (Wildman–Crippen MR) is 75.6 cm³/mol. The lowest BCUT2D eigenvalue weighted by Gasteiger charge is -2.20. The molecule has 3 nitrogen and oxygen atoms in total. The van der Waals surface area contributed by atoms with Crippen molar-refractivity contribution in [1.29, 1.82) is 0 Å². The van der Waals surface area contributed by atoms with Gasteiger partial charge in [0.15, 0.2) is 0 Å². The Bertz CT molecular complexity index is 419. The summed E-state index contributed by atoms with van der Waals surface area (Å²) in [6.45, 7) is 6.03. The molecule has 1 aromatic rings. The van der Waals surface area contributed by atoms with Gasteiger partial charge in [-0.2, -0.15) is 0 Å². The fourth-order valence-electron chi connectivity index (χ4n) is 1.85. The summed E-state index contributed by atoms with van der Waals surface area (Å²) < 4.78 is 5.05. The molecule has 0 aliphatic carbocycles. The largest absolute Gasteiger partial charge is 0.466 e. The topological polar surface area (TPSA) is 46.5 Å². The van der Waals surface area contributed by atoms with E-state index in [0.29, 0.717) is 13.0 Å². The molecule has 0 aromatic heterocycles. The Morgan fingerprint density at radius 2 is 1.95 bits per heavy atom. The van der Waals surface area contributed by atoms with Crippen molar-refractivity contribution in [2.24, 2.45) is 5.92 Å². The lowest BCUT2D eigenvalue weighted by Crippen LogP contribution is -2.24. The number of aliphatic hydroxyl groups is 1. The van der Waals surface area contributed by atoms with Crippen LogP contribution in [0, 0.1) is 5.92 Å². The molecule has 1 rings (SSSR count). The molecule has 0 amide bonds. The molecule has 0 unspecified atom stereocenters. The molecule has 0 radical (unpaired) electrons. The van der Waals surface area contributed by atoms with E-state index in [2.05, 4.69) is 0 Å². The van der Waals surface area contributed by atoms with Gasteiger partial charge < -0.3 is 9.84 Å². The minimum Gasteiger partial charge on any atom is -0.466 e. The highest BCUT2D eigenvalue weighted by Crippen LogP contribution is 2.26. The first-order chi connectivity index (χ1) is 9.06. The first-order valence-corrected chi connectivity index (χ1v) is 6.59. The summed E-state index contributed by atoms with van der Waals surface area (Å²) in [6.07, 6.45) is 1.60. The van der Waals surface area contributed by atoms with Gasteiger partial charge in [0, 0.05) is 0 Å². The third-order valence-electron chi connectivity index (χ3n) is 2.89. The summed E-state index contributed by atoms with van der Waals surface area (Å²) in [5.74, 6) is -0.909. The molecule has 0 bridgehead atoms. The van der Waals surface area contributed by atoms with Crippen LogP contribution < -0.4 is 0 Å². The number of aliphatic hydroxyl groups excluding tert-OH is 1. The third kappa shape index (κ3) is 4.87. The molecule has 0 saturated carbocycles. The van der Waals surface area contributed by atoms with Gasteiger partial charge in [-0.1, -0.05) is 42.0 Å². The molecule has 0 aliphatic heterocycles. The predicted octanol–water partition coefficient (Wildman–Crippen LogP) is 3.26. The maximum atomic E-state index is 12.0. The number of carbonyl (C=O) groups excluding carboxylic acids is 1. The highest BCUT2D eigenvalue weighted by molar-refractivity contribution is 5.73. The molecule has 1 N–H and O–H groups in total. The molecule has 2 atom stereocenters. The summed E-state index contributed by atoms with van der Waals surface area (Å²) in [7, 11) is 0. The Morgan fingerprint density at radius 1 is 1.32 bits per heavy atom. The van der Waals surface area contributed by atoms with Crippen molar-refractivity contribution >= 4 is 5.97 Å². The molecule has 0 saturated heterocycles. The van der Waals surface area contributed by atoms with Crippen molar-refractivity contribution in [3.8, 4) is 0 Å². The zero-order valence-corrected chi connectivity index (χ0v) is 11.8. The fourth-order valence-corrected chi connectivity index (χ4v) is 1.85. The van der Waals surface area contributed by atoms with Crippen molar-refractivity contribution in [2.75, 3.05) is 6.61 Å². The molecule has 3 heteroatoms. The van der Waals surface area contributed by atoms with Crippen LogP contribution in [0.15, 0.2) is 42.0 Å². The fraction of sp³-hybridized carbons (Fsp3) is 0.438. The van der Waals surface area contributed by atoms with Crippen molar-refractivity contribution in [3.05, 3.63) is 47.5 Å². The van der Waals surface area contributed by atoms with Crippen LogP contribution in [-0.4, -0.2) is 17.7 Å². The lowest BCUT2D eigenvalue weighted by atomic mass is 9.92. The minimum atomic E-state index is -0.837. The number of esters is 1. The molecule has 0 fully saturated rings. The van der Waals surface area contributed by atoms with E-state index in [-0.39, 0.29) is 5.97 Å². The molecule has 104 valence electrons. The van der Waals surface area contributed by atoms with Gasteiger partial charge in [-0.05, 0) is 32.8 Å². The van der Waals surface area contributed by atoms with Crippen LogP contribution in [0.3, 0.4) is 0 Å². The van der Waals surface area contributed by atoms with Crippen LogP contribution in [0.5, 0.6) is 0 Å². The summed E-state index contributed by atoms with van der Waals surface area (Å²) in [4.78, 5) is 12.0. The lowest BCUT2D eigenvalue weighted by molar-refractivity contribution is -0.152. The second-order valence-corrected chi connectivity index (χ2v) is 4.73. The SMILES string of the molecule is CCOC(=O)[C@@H](CC=C(C)C)[C@H](O)c1ccccc1. The number of carbonyl (C=O) groups is 1. The van der Waals surface area contributed by atoms with Gasteiger partial charge in [-0.25, -0.2) is 0 Å². The van der Waals surface area contributed by atoms with Crippen LogP contribution in [0.4, 0.5) is 0 Å². The van der Waals surface area contributed by atoms with Crippen LogP contribution in [0.25, 0.3) is 0 Å². The van der Waals surface area contributed by atoms with Gasteiger partial charge >= 0.3 is 5.97 Å². The maximum absolute atomic E-state index is 12.0. The Kier molecular flexibility index (Phi) is 6.30. The number of hydrogen-bond acceptors (Lipinski definition) is 3. The van der Waals surface area contributed by atoms with E-state index in [0.717, 1.165) is 11.1 Å². The highest BCUT2D eigenvalue weighted by Gasteiger charge is 2.28. The summed E-state index contributed by atoms with van der Waals surface area (Å²) in [6, 6.07) is 9.22. The van der Waals surface area contributed by atoms with Gasteiger partial charge in [0.05, 0.1) is 18.6 Å². The van der Waals surface area contributed by atoms with E-state index < -0.39 is 12.0 Å². The zero-order valence-electron chi connectivity index (χ0n) is 11.8. The molecule has 19 heavy (non-hydrogen) atoms. The average molecular weight is 262 g/mol. The van der Waals surface area contributed by atoms with Gasteiger partial charge in [-0.3, -0.25) is 4.79 Å². The molecule has 0 heterocycles. The average Bonchev–Trinajstić information content (AvgIpc) is 2.39. The quantitative estimate of drug-likeness (QED) is 0.632. The Morgan fingerprint density at radius 3 is 2.47 bits per heavy atom. The molecular formula is C16H22O3. The Hall–Kier alpha value is -1.61. The van der Waals surface area contributed by atoms with E-state index in [1.807, 2.05) is 50.3 Å². The van der Waals surface area contributed by atoms with Crippen molar-refractivity contribution in [3.63, 3.8) is 0 Å². The van der Waals surface area contributed by atoms with Crippen molar-refractivity contribution in [2.45, 2.75) is 33.3 Å². The van der Waals surface area contributed by atoms with Gasteiger partial charge in [0.2, 0.25) is 0 Å². The first kappa shape index (κ1) is 15.4. The third-order valence-corrected chi connectivity index (χ3v) is 2.89. The summed E-state index contributed by atoms with van der Waals surface area (Å²) >= 11 is 0. The Balaban J connectivity index is 2.89.